The predicted octanol–water partition coefficient (Wildman–Crippen LogP) is 10.2. The monoisotopic (exact) mass is 1070 g/mol. The second-order valence-electron chi connectivity index (χ2n) is 15.6. The number of carboxylic acids is 2. The fourth-order valence-corrected chi connectivity index (χ4v) is 9.49. The summed E-state index contributed by atoms with van der Waals surface area (Å²) in [6.45, 7) is 2.53. The minimum absolute atomic E-state index is 0. The molecule has 1 fully saturated rings. The van der Waals surface area contributed by atoms with Crippen molar-refractivity contribution < 1.29 is 58.2 Å². The standard InChI is InChI=1S/C18H17BrO4.C18H18O4.C12H11NO4S.CH4.B2H2N2S2/c19-17(18(20)21)15-8-9-22-16-10-13(6-7-14(15)16)23-11-12-4-2-1-3-5-12;19-18(20)10-14-8-9-21-17-11-15(6-7-16(14)17)22-12-13-4-2-1-3-5-13;14-6-1-2-7-8(3-4-17-9(7)5-6)10-11(15)13-12(16)18-10;;5-2-3-1-4-6/h1-7,10,15,17H,8-9,11H2,(H,20,21);1-7,11,14H,8-10,12H2,(H,19,20);1-2,5,8,10,14H,3-4H2,(H,13,15,16);1H4;5-6H/t15-,17?;14-;8-,10?;;/m101../s1. The van der Waals surface area contributed by atoms with E-state index in [1.807, 2.05) is 97.1 Å². The summed E-state index contributed by atoms with van der Waals surface area (Å²) in [4.78, 5) is 48.0. The van der Waals surface area contributed by atoms with Crippen LogP contribution in [-0.4, -0.2) is 81.9 Å². The Kier molecular flexibility index (Phi) is 22.2. The number of hydrogen-bond acceptors (Lipinski definition) is 13. The topological polar surface area (TPSA) is 212 Å². The average molecular weight is 1070 g/mol. The van der Waals surface area contributed by atoms with Gasteiger partial charge in [0, 0.05) is 36.0 Å². The maximum absolute atomic E-state index is 11.7. The van der Waals surface area contributed by atoms with Crippen LogP contribution in [0, 0.1) is 0 Å². The van der Waals surface area contributed by atoms with Crippen molar-refractivity contribution in [3.05, 3.63) is 143 Å². The Labute approximate surface area is 431 Å². The molecule has 2 amide bonds. The van der Waals surface area contributed by atoms with Crippen LogP contribution in [0.4, 0.5) is 4.79 Å². The molecule has 0 spiro atoms. The summed E-state index contributed by atoms with van der Waals surface area (Å²) in [7, 11) is 1.29. The molecule has 70 heavy (non-hydrogen) atoms. The van der Waals surface area contributed by atoms with Gasteiger partial charge in [0.25, 0.3) is 5.24 Å². The number of aromatic hydroxyl groups is 1. The van der Waals surface area contributed by atoms with Gasteiger partial charge in [-0.15, -0.1) is 0 Å². The number of alkyl halides is 1. The van der Waals surface area contributed by atoms with Crippen LogP contribution in [-0.2, 0) is 27.6 Å². The first-order chi connectivity index (χ1) is 33.4. The van der Waals surface area contributed by atoms with Crippen molar-refractivity contribution in [1.82, 2.24) is 5.32 Å². The van der Waals surface area contributed by atoms with Gasteiger partial charge in [0.2, 0.25) is 5.91 Å². The number of halogens is 1. The van der Waals surface area contributed by atoms with E-state index in [9.17, 15) is 29.4 Å². The van der Waals surface area contributed by atoms with Crippen LogP contribution in [0.1, 0.15) is 78.7 Å². The molecule has 4 heterocycles. The number of fused-ring (bicyclic) bond motifs is 3. The molecule has 0 radical (unpaired) electrons. The van der Waals surface area contributed by atoms with Crippen LogP contribution in [0.25, 0.3) is 0 Å². The molecule has 5 atom stereocenters. The van der Waals surface area contributed by atoms with Gasteiger partial charge in [0.15, 0.2) is 0 Å². The summed E-state index contributed by atoms with van der Waals surface area (Å²) >= 11 is 11.4. The van der Waals surface area contributed by atoms with Crippen LogP contribution in [0.3, 0.4) is 0 Å². The molecular formula is C49H52B2BrN3O12S3. The van der Waals surface area contributed by atoms with Crippen molar-refractivity contribution in [1.29, 1.82) is 0 Å². The van der Waals surface area contributed by atoms with Crippen LogP contribution < -0.4 is 29.0 Å². The van der Waals surface area contributed by atoms with Crippen molar-refractivity contribution in [2.45, 2.75) is 74.2 Å². The van der Waals surface area contributed by atoms with Gasteiger partial charge in [0.05, 0.1) is 26.2 Å². The Morgan fingerprint density at radius 3 is 1.84 bits per heavy atom. The van der Waals surface area contributed by atoms with E-state index in [4.69, 9.17) is 28.8 Å². The Morgan fingerprint density at radius 2 is 1.31 bits per heavy atom. The van der Waals surface area contributed by atoms with Crippen molar-refractivity contribution in [3.63, 3.8) is 0 Å². The van der Waals surface area contributed by atoms with E-state index in [0.717, 1.165) is 63.2 Å². The summed E-state index contributed by atoms with van der Waals surface area (Å²) in [5, 5.41) is 29.2. The first-order valence-corrected chi connectivity index (χ1v) is 24.4. The number of rotatable bonds is 12. The number of imide groups is 1. The molecule has 4 N–H and O–H groups in total. The Morgan fingerprint density at radius 1 is 0.771 bits per heavy atom. The van der Waals surface area contributed by atoms with Gasteiger partial charge in [-0.1, -0.05) is 114 Å². The number of phenols is 1. The Balaban J connectivity index is 0.000000184. The van der Waals surface area contributed by atoms with Gasteiger partial charge >= 0.3 is 59.9 Å². The number of phenolic OH excluding ortho intramolecular Hbond substituents is 1. The van der Waals surface area contributed by atoms with E-state index in [1.54, 1.807) is 18.2 Å². The molecule has 0 bridgehead atoms. The van der Waals surface area contributed by atoms with E-state index in [1.165, 1.54) is 13.6 Å². The molecule has 0 aromatic heterocycles. The van der Waals surface area contributed by atoms with Crippen LogP contribution in [0.2, 0.25) is 0 Å². The fraction of sp³-hybridized carbons (Fsp3) is 0.306. The molecule has 5 aromatic carbocycles. The van der Waals surface area contributed by atoms with Crippen molar-refractivity contribution >= 4 is 89.6 Å². The van der Waals surface area contributed by atoms with Crippen LogP contribution >= 0.6 is 53.0 Å². The van der Waals surface area contributed by atoms with Gasteiger partial charge in [-0.05, 0) is 65.3 Å². The molecule has 2 unspecified atom stereocenters. The van der Waals surface area contributed by atoms with E-state index in [2.05, 4.69) is 55.6 Å². The number of carboxylic acid groups (broad SMARTS) is 2. The minimum atomic E-state index is -0.854. The molecule has 21 heteroatoms. The second-order valence-corrected chi connectivity index (χ2v) is 18.2. The number of benzene rings is 5. The first-order valence-electron chi connectivity index (χ1n) is 21.7. The number of thioether (sulfide) groups is 1. The van der Waals surface area contributed by atoms with Crippen molar-refractivity contribution in [2.24, 2.45) is 9.11 Å². The van der Waals surface area contributed by atoms with Crippen molar-refractivity contribution in [3.8, 4) is 34.5 Å². The van der Waals surface area contributed by atoms with Gasteiger partial charge in [-0.25, -0.2) is 0 Å². The first kappa shape index (κ1) is 55.2. The van der Waals surface area contributed by atoms with E-state index in [0.29, 0.717) is 57.4 Å². The number of nitrogens with zero attached hydrogens (tertiary/aromatic N) is 2. The van der Waals surface area contributed by atoms with Crippen molar-refractivity contribution in [2.75, 3.05) is 19.8 Å². The number of thiol groups is 2. The number of aliphatic carboxylic acids is 2. The number of hydrogen-bond donors (Lipinski definition) is 6. The van der Waals surface area contributed by atoms with Crippen LogP contribution in [0.5, 0.6) is 34.5 Å². The molecule has 0 aliphatic carbocycles. The van der Waals surface area contributed by atoms with Gasteiger partial charge in [-0.3, -0.25) is 24.5 Å². The zero-order valence-electron chi connectivity index (χ0n) is 37.0. The normalized spacial score (nSPS) is 18.6. The van der Waals surface area contributed by atoms with Gasteiger partial charge < -0.3 is 39.0 Å². The zero-order valence-corrected chi connectivity index (χ0v) is 41.2. The second kappa shape index (κ2) is 28.2. The average Bonchev–Trinajstić information content (AvgIpc) is 3.71. The van der Waals surface area contributed by atoms with Gasteiger partial charge in [-0.2, -0.15) is 0 Å². The fourth-order valence-electron chi connectivity index (χ4n) is 7.82. The predicted molar refractivity (Wildman–Crippen MR) is 280 cm³/mol. The summed E-state index contributed by atoms with van der Waals surface area (Å²) < 4.78 is 31.6. The summed E-state index contributed by atoms with van der Waals surface area (Å²) in [6, 6.07) is 36.0. The molecule has 4 aliphatic heterocycles. The number of carbonyl (C=O) groups is 4. The molecule has 9 rings (SSSR count). The Hall–Kier alpha value is -5.76. The molecule has 0 saturated carbocycles. The third-order valence-corrected chi connectivity index (χ3v) is 13.5. The number of ether oxygens (including phenoxy) is 5. The third-order valence-electron chi connectivity index (χ3n) is 11.1. The number of amides is 2. The van der Waals surface area contributed by atoms with Crippen LogP contribution in [0.15, 0.2) is 124 Å². The van der Waals surface area contributed by atoms with Gasteiger partial charge in [0.1, 0.15) is 57.8 Å². The molecule has 15 nitrogen and oxygen atoms in total. The molecule has 4 aliphatic rings. The SMILES string of the molecule is C.O=C(O)C(Br)[C@@H]1CCOc2cc(OCc3ccccc3)ccc21.O=C(O)C[C@@H]1CCOc2cc(OCc3ccccc3)ccc21.O=C1NC(=O)C([C@@H]2CCOc3cc(O)ccc32)S1.SB=NB=NS. The molecule has 5 aromatic rings. The maximum atomic E-state index is 11.7. The third kappa shape index (κ3) is 16.1. The zero-order chi connectivity index (χ0) is 49.1. The summed E-state index contributed by atoms with van der Waals surface area (Å²) in [5.41, 5.74) is 4.94. The van der Waals surface area contributed by atoms with E-state index >= 15 is 0 Å². The number of nitrogens with one attached hydrogen (secondary N) is 1. The van der Waals surface area contributed by atoms with E-state index in [-0.39, 0.29) is 48.5 Å². The molecule has 366 valence electrons. The van der Waals surface area contributed by atoms with E-state index < -0.39 is 22.0 Å². The summed E-state index contributed by atoms with van der Waals surface area (Å²) in [6.07, 6.45) is 3.58. The molecular weight excluding hydrogens is 1020 g/mol. The molecule has 1 saturated heterocycles. The Bertz CT molecular complexity index is 2590. The number of carbonyl (C=O) groups excluding carboxylic acids is 2. The summed E-state index contributed by atoms with van der Waals surface area (Å²) in [5.74, 6) is 1.63. The quantitative estimate of drug-likeness (QED) is 0.0391.